The van der Waals surface area contributed by atoms with Crippen molar-refractivity contribution in [3.63, 3.8) is 0 Å². The van der Waals surface area contributed by atoms with Crippen LogP contribution in [0.25, 0.3) is 0 Å². The summed E-state index contributed by atoms with van der Waals surface area (Å²) in [5, 5.41) is 0. The molecule has 1 rings (SSSR count). The van der Waals surface area contributed by atoms with E-state index in [4.69, 9.17) is 0 Å². The van der Waals surface area contributed by atoms with Gasteiger partial charge in [-0.3, -0.25) is 0 Å². The zero-order valence-electron chi connectivity index (χ0n) is 10.2. The molecule has 1 N–H and O–H groups in total. The van der Waals surface area contributed by atoms with Gasteiger partial charge in [0.15, 0.2) is 0 Å². The molecule has 1 aromatic rings. The minimum Gasteiger partial charge on any atom is -0.557 e. The third kappa shape index (κ3) is 3.53. The van der Waals surface area contributed by atoms with E-state index in [0.717, 1.165) is 0 Å². The van der Waals surface area contributed by atoms with Gasteiger partial charge in [0.05, 0.1) is 0 Å². The van der Waals surface area contributed by atoms with Gasteiger partial charge in [-0.25, -0.2) is 0 Å². The maximum Gasteiger partial charge on any atom is 1.00 e. The number of aryl methyl sites for hydroxylation is 3. The molecule has 0 aromatic heterocycles. The molecule has 1 nitrogen and oxygen atoms in total. The van der Waals surface area contributed by atoms with Gasteiger partial charge in [-0.2, -0.15) is 22.1 Å². The van der Waals surface area contributed by atoms with Crippen molar-refractivity contribution in [2.75, 3.05) is 4.98 Å². The third-order valence-electron chi connectivity index (χ3n) is 2.05. The van der Waals surface area contributed by atoms with Crippen LogP contribution in [0, 0.1) is 20.8 Å². The molecule has 0 aliphatic heterocycles. The molecule has 0 fully saturated rings. The Kier molecular flexibility index (Phi) is 5.58. The van der Waals surface area contributed by atoms with Crippen LogP contribution in [0.3, 0.4) is 0 Å². The standard InChI is InChI=1S/C11H18NSi.Li/c1-8-6-9(2)11(10(3)7-8)12-13(4)5;/h6-7,12H,1-5H3;/q-1;+1. The fraction of sp³-hybridized carbons (Fsp3) is 0.455. The Morgan fingerprint density at radius 1 is 1.00 bits per heavy atom. The summed E-state index contributed by atoms with van der Waals surface area (Å²) in [7, 11) is -0.394. The average molecular weight is 199 g/mol. The van der Waals surface area contributed by atoms with Crippen molar-refractivity contribution in [2.24, 2.45) is 0 Å². The van der Waals surface area contributed by atoms with Crippen LogP contribution < -0.4 is 23.8 Å². The molecular formula is C11H18LiNSi. The van der Waals surface area contributed by atoms with Crippen LogP contribution in [0.1, 0.15) is 16.7 Å². The van der Waals surface area contributed by atoms with Gasteiger partial charge in [-0.15, -0.1) is 0 Å². The van der Waals surface area contributed by atoms with E-state index in [2.05, 4.69) is 51.0 Å². The smallest absolute Gasteiger partial charge is 0.557 e. The number of nitrogens with one attached hydrogen (secondary N) is 1. The second kappa shape index (κ2) is 5.65. The average Bonchev–Trinajstić information content (AvgIpc) is 1.96. The van der Waals surface area contributed by atoms with E-state index in [1.807, 2.05) is 0 Å². The van der Waals surface area contributed by atoms with Gasteiger partial charge in [0.2, 0.25) is 0 Å². The van der Waals surface area contributed by atoms with Gasteiger partial charge < -0.3 is 4.98 Å². The minimum atomic E-state index is -0.394. The van der Waals surface area contributed by atoms with Crippen LogP contribution in [0.15, 0.2) is 12.1 Å². The summed E-state index contributed by atoms with van der Waals surface area (Å²) in [4.78, 5) is 3.57. The first-order valence-electron chi connectivity index (χ1n) is 4.65. The predicted molar refractivity (Wildman–Crippen MR) is 61.8 cm³/mol. The van der Waals surface area contributed by atoms with E-state index >= 15 is 0 Å². The van der Waals surface area contributed by atoms with Gasteiger partial charge in [-0.1, -0.05) is 17.7 Å². The SMILES string of the molecule is Cc1cc(C)c(N[Si-](C)C)c(C)c1.[Li+]. The molecule has 0 radical (unpaired) electrons. The van der Waals surface area contributed by atoms with Crippen LogP contribution >= 0.6 is 0 Å². The Hall–Kier alpha value is -0.166. The Morgan fingerprint density at radius 2 is 1.43 bits per heavy atom. The van der Waals surface area contributed by atoms with Crippen LogP contribution in [-0.4, -0.2) is 8.96 Å². The van der Waals surface area contributed by atoms with Gasteiger partial charge in [0.25, 0.3) is 0 Å². The van der Waals surface area contributed by atoms with Crippen molar-refractivity contribution in [1.82, 2.24) is 0 Å². The van der Waals surface area contributed by atoms with Crippen LogP contribution in [0.4, 0.5) is 5.69 Å². The van der Waals surface area contributed by atoms with Crippen molar-refractivity contribution >= 4 is 14.6 Å². The van der Waals surface area contributed by atoms with Crippen molar-refractivity contribution in [1.29, 1.82) is 0 Å². The number of benzene rings is 1. The van der Waals surface area contributed by atoms with Gasteiger partial charge in [0, 0.05) is 5.69 Å². The van der Waals surface area contributed by atoms with Crippen molar-refractivity contribution in [3.8, 4) is 0 Å². The number of rotatable bonds is 2. The third-order valence-corrected chi connectivity index (χ3v) is 2.80. The molecule has 14 heavy (non-hydrogen) atoms. The summed E-state index contributed by atoms with van der Waals surface area (Å²) in [6, 6.07) is 4.47. The maximum atomic E-state index is 3.57. The van der Waals surface area contributed by atoms with E-state index in [0.29, 0.717) is 0 Å². The topological polar surface area (TPSA) is 12.0 Å². The van der Waals surface area contributed by atoms with Crippen LogP contribution in [0.2, 0.25) is 13.1 Å². The molecule has 0 aliphatic carbocycles. The number of hydrogen-bond acceptors (Lipinski definition) is 1. The first-order valence-corrected chi connectivity index (χ1v) is 7.15. The van der Waals surface area contributed by atoms with E-state index in [1.54, 1.807) is 0 Å². The fourth-order valence-corrected chi connectivity index (χ4v) is 2.52. The van der Waals surface area contributed by atoms with Crippen molar-refractivity contribution in [2.45, 2.75) is 33.9 Å². The largest absolute Gasteiger partial charge is 1.00 e. The summed E-state index contributed by atoms with van der Waals surface area (Å²) < 4.78 is 0. The van der Waals surface area contributed by atoms with Crippen LogP contribution in [0.5, 0.6) is 0 Å². The molecule has 0 spiro atoms. The molecule has 3 heteroatoms. The van der Waals surface area contributed by atoms with Crippen LogP contribution in [-0.2, 0) is 0 Å². The first kappa shape index (κ1) is 13.8. The quantitative estimate of drug-likeness (QED) is 0.675. The summed E-state index contributed by atoms with van der Waals surface area (Å²) in [5.74, 6) is 0. The Morgan fingerprint density at radius 3 is 1.79 bits per heavy atom. The number of anilines is 1. The van der Waals surface area contributed by atoms with E-state index in [1.165, 1.54) is 22.4 Å². The summed E-state index contributed by atoms with van der Waals surface area (Å²) >= 11 is 0. The zero-order valence-corrected chi connectivity index (χ0v) is 11.2. The van der Waals surface area contributed by atoms with Crippen molar-refractivity contribution in [3.05, 3.63) is 28.8 Å². The molecule has 1 aromatic carbocycles. The molecule has 0 aliphatic rings. The Bertz CT molecular complexity index is 287. The van der Waals surface area contributed by atoms with Crippen molar-refractivity contribution < 1.29 is 18.9 Å². The van der Waals surface area contributed by atoms with E-state index in [9.17, 15) is 0 Å². The maximum absolute atomic E-state index is 3.57. The first-order chi connectivity index (χ1) is 6.00. The molecular weight excluding hydrogens is 181 g/mol. The molecule has 0 saturated carbocycles. The predicted octanol–water partition coefficient (Wildman–Crippen LogP) is 0.279. The monoisotopic (exact) mass is 199 g/mol. The van der Waals surface area contributed by atoms with Gasteiger partial charge >= 0.3 is 18.9 Å². The molecule has 72 valence electrons. The second-order valence-electron chi connectivity index (χ2n) is 3.90. The van der Waals surface area contributed by atoms with Gasteiger partial charge in [-0.05, 0) is 31.9 Å². The van der Waals surface area contributed by atoms with Gasteiger partial charge in [0.1, 0.15) is 0 Å². The fourth-order valence-electron chi connectivity index (χ4n) is 1.63. The second-order valence-corrected chi connectivity index (χ2v) is 6.15. The summed E-state index contributed by atoms with van der Waals surface area (Å²) in [6.45, 7) is 11.0. The molecule has 0 atom stereocenters. The molecule has 0 unspecified atom stereocenters. The summed E-state index contributed by atoms with van der Waals surface area (Å²) in [6.07, 6.45) is 0. The Labute approximate surface area is 101 Å². The molecule has 0 bridgehead atoms. The van der Waals surface area contributed by atoms with E-state index in [-0.39, 0.29) is 18.9 Å². The minimum absolute atomic E-state index is 0. The number of hydrogen-bond donors (Lipinski definition) is 1. The summed E-state index contributed by atoms with van der Waals surface area (Å²) in [5.41, 5.74) is 5.42. The zero-order chi connectivity index (χ0) is 10.0. The Balaban J connectivity index is 0.00000169. The molecule has 0 saturated heterocycles. The normalized spacial score (nSPS) is 9.86. The van der Waals surface area contributed by atoms with E-state index < -0.39 is 8.96 Å². The molecule has 0 amide bonds. The molecule has 0 heterocycles.